The smallest absolute Gasteiger partial charge is 0.269 e. The maximum Gasteiger partial charge on any atom is 0.269 e. The van der Waals surface area contributed by atoms with Gasteiger partial charge in [-0.2, -0.15) is 5.10 Å². The maximum atomic E-state index is 13.5. The minimum atomic E-state index is -3.78. The van der Waals surface area contributed by atoms with E-state index in [1.54, 1.807) is 42.9 Å². The molecule has 4 aromatic rings. The van der Waals surface area contributed by atoms with Gasteiger partial charge in [-0.3, -0.25) is 10.00 Å². The summed E-state index contributed by atoms with van der Waals surface area (Å²) in [6.07, 6.45) is 11.7. The molecule has 0 bridgehead atoms. The third-order valence-electron chi connectivity index (χ3n) is 7.96. The zero-order chi connectivity index (χ0) is 24.7. The highest BCUT2D eigenvalue weighted by atomic mass is 32.2. The largest absolute Gasteiger partial charge is 0.304 e. The number of piperazine rings is 1. The fourth-order valence-corrected chi connectivity index (χ4v) is 7.14. The highest BCUT2D eigenvalue weighted by Gasteiger charge is 2.29. The van der Waals surface area contributed by atoms with Crippen molar-refractivity contribution in [2.24, 2.45) is 0 Å². The quantitative estimate of drug-likeness (QED) is 0.443. The summed E-state index contributed by atoms with van der Waals surface area (Å²) in [5.74, 6) is 0.442. The normalized spacial score (nSPS) is 22.2. The van der Waals surface area contributed by atoms with Gasteiger partial charge in [-0.1, -0.05) is 18.2 Å². The summed E-state index contributed by atoms with van der Waals surface area (Å²) < 4.78 is 28.3. The molecular formula is C27H32N6O2S. The Morgan fingerprint density at radius 2 is 1.72 bits per heavy atom. The molecule has 6 rings (SSSR count). The van der Waals surface area contributed by atoms with Crippen LogP contribution >= 0.6 is 0 Å². The Morgan fingerprint density at radius 3 is 2.42 bits per heavy atom. The summed E-state index contributed by atoms with van der Waals surface area (Å²) in [6, 6.07) is 11.3. The van der Waals surface area contributed by atoms with Crippen LogP contribution in [-0.2, 0) is 10.0 Å². The molecule has 0 atom stereocenters. The minimum absolute atomic E-state index is 0.244. The highest BCUT2D eigenvalue weighted by molar-refractivity contribution is 7.90. The SMILES string of the molecule is CN1CCN(C2CCC(c3cnc4c(c3)c(-c3cn[nH]c3)cn4S(=O)(=O)c3ccccc3)CC2)CC1. The second-order valence-corrected chi connectivity index (χ2v) is 11.9. The molecule has 1 aliphatic heterocycles. The first-order chi connectivity index (χ1) is 17.5. The Bertz CT molecular complexity index is 1430. The molecule has 0 unspecified atom stereocenters. The first kappa shape index (κ1) is 23.4. The molecule has 9 heteroatoms. The van der Waals surface area contributed by atoms with Crippen LogP contribution < -0.4 is 0 Å². The average molecular weight is 505 g/mol. The molecule has 2 fully saturated rings. The number of aromatic nitrogens is 4. The number of fused-ring (bicyclic) bond motifs is 1. The molecule has 0 amide bonds. The van der Waals surface area contributed by atoms with Crippen LogP contribution in [0.2, 0.25) is 0 Å². The van der Waals surface area contributed by atoms with Crippen LogP contribution in [0, 0.1) is 0 Å². The molecule has 1 N–H and O–H groups in total. The fraction of sp³-hybridized carbons (Fsp3) is 0.407. The molecule has 188 valence electrons. The number of hydrogen-bond acceptors (Lipinski definition) is 6. The van der Waals surface area contributed by atoms with E-state index in [9.17, 15) is 8.42 Å². The van der Waals surface area contributed by atoms with Crippen LogP contribution in [0.3, 0.4) is 0 Å². The van der Waals surface area contributed by atoms with Crippen molar-refractivity contribution in [3.63, 3.8) is 0 Å². The van der Waals surface area contributed by atoms with Crippen molar-refractivity contribution in [2.75, 3.05) is 33.2 Å². The molecule has 0 spiro atoms. The molecule has 0 radical (unpaired) electrons. The number of benzene rings is 1. The lowest BCUT2D eigenvalue weighted by Gasteiger charge is -2.41. The van der Waals surface area contributed by atoms with Crippen molar-refractivity contribution < 1.29 is 8.42 Å². The van der Waals surface area contributed by atoms with E-state index in [4.69, 9.17) is 4.98 Å². The van der Waals surface area contributed by atoms with Gasteiger partial charge in [0.2, 0.25) is 0 Å². The van der Waals surface area contributed by atoms with Crippen LogP contribution in [0.15, 0.2) is 66.1 Å². The number of pyridine rings is 1. The molecule has 36 heavy (non-hydrogen) atoms. The van der Waals surface area contributed by atoms with Gasteiger partial charge in [-0.05, 0) is 62.4 Å². The Balaban J connectivity index is 1.32. The van der Waals surface area contributed by atoms with Crippen LogP contribution in [0.4, 0.5) is 0 Å². The lowest BCUT2D eigenvalue weighted by atomic mass is 9.81. The summed E-state index contributed by atoms with van der Waals surface area (Å²) in [7, 11) is -1.58. The molecular weight excluding hydrogens is 472 g/mol. The Labute approximate surface area is 212 Å². The molecule has 1 aliphatic carbocycles. The number of nitrogens with one attached hydrogen (secondary N) is 1. The maximum absolute atomic E-state index is 13.5. The van der Waals surface area contributed by atoms with Crippen LogP contribution in [-0.4, -0.2) is 76.6 Å². The third-order valence-corrected chi connectivity index (χ3v) is 9.63. The van der Waals surface area contributed by atoms with E-state index >= 15 is 0 Å². The standard InChI is InChI=1S/C27H32N6O2S/c1-31-11-13-32(14-12-31)23-9-7-20(8-10-23)21-15-25-26(22-17-29-30-18-22)19-33(27(25)28-16-21)36(34,35)24-5-3-2-4-6-24/h2-6,15-20,23H,7-14H2,1H3,(H,29,30). The zero-order valence-corrected chi connectivity index (χ0v) is 21.4. The van der Waals surface area contributed by atoms with Crippen molar-refractivity contribution in [3.05, 3.63) is 66.7 Å². The minimum Gasteiger partial charge on any atom is -0.304 e. The first-order valence-corrected chi connectivity index (χ1v) is 14.2. The van der Waals surface area contributed by atoms with Gasteiger partial charge in [0, 0.05) is 67.3 Å². The van der Waals surface area contributed by atoms with Crippen molar-refractivity contribution in [3.8, 4) is 11.1 Å². The van der Waals surface area contributed by atoms with Crippen LogP contribution in [0.1, 0.15) is 37.2 Å². The van der Waals surface area contributed by atoms with E-state index in [-0.39, 0.29) is 4.90 Å². The first-order valence-electron chi connectivity index (χ1n) is 12.7. The summed E-state index contributed by atoms with van der Waals surface area (Å²) >= 11 is 0. The Hall–Kier alpha value is -3.01. The molecule has 1 aromatic carbocycles. The number of H-pyrrole nitrogens is 1. The van der Waals surface area contributed by atoms with Gasteiger partial charge < -0.3 is 4.90 Å². The third kappa shape index (κ3) is 4.25. The number of aromatic amines is 1. The molecule has 8 nitrogen and oxygen atoms in total. The van der Waals surface area contributed by atoms with Gasteiger partial charge in [0.05, 0.1) is 11.1 Å². The molecule has 1 saturated heterocycles. The van der Waals surface area contributed by atoms with E-state index in [1.165, 1.54) is 22.4 Å². The number of likely N-dealkylation sites (N-methyl/N-ethyl adjacent to an activating group) is 1. The van der Waals surface area contributed by atoms with Gasteiger partial charge in [-0.25, -0.2) is 17.4 Å². The van der Waals surface area contributed by atoms with E-state index in [1.807, 2.05) is 12.3 Å². The zero-order valence-electron chi connectivity index (χ0n) is 20.5. The molecule has 4 heterocycles. The van der Waals surface area contributed by atoms with Gasteiger partial charge in [0.25, 0.3) is 10.0 Å². The van der Waals surface area contributed by atoms with Gasteiger partial charge in [0.1, 0.15) is 0 Å². The lowest BCUT2D eigenvalue weighted by Crippen LogP contribution is -2.49. The van der Waals surface area contributed by atoms with Gasteiger partial charge in [0.15, 0.2) is 5.65 Å². The van der Waals surface area contributed by atoms with Gasteiger partial charge in [-0.15, -0.1) is 0 Å². The number of nitrogens with zero attached hydrogens (tertiary/aromatic N) is 5. The van der Waals surface area contributed by atoms with Crippen molar-refractivity contribution in [2.45, 2.75) is 42.5 Å². The molecule has 3 aromatic heterocycles. The topological polar surface area (TPSA) is 87.1 Å². The van der Waals surface area contributed by atoms with Crippen molar-refractivity contribution in [1.29, 1.82) is 0 Å². The van der Waals surface area contributed by atoms with E-state index in [2.05, 4.69) is 33.1 Å². The van der Waals surface area contributed by atoms with Crippen LogP contribution in [0.5, 0.6) is 0 Å². The Morgan fingerprint density at radius 1 is 0.972 bits per heavy atom. The van der Waals surface area contributed by atoms with Gasteiger partial charge >= 0.3 is 0 Å². The van der Waals surface area contributed by atoms with Crippen LogP contribution in [0.25, 0.3) is 22.2 Å². The summed E-state index contributed by atoms with van der Waals surface area (Å²) in [5, 5.41) is 7.79. The predicted molar refractivity (Wildman–Crippen MR) is 140 cm³/mol. The second kappa shape index (κ2) is 9.46. The van der Waals surface area contributed by atoms with Crippen molar-refractivity contribution in [1.82, 2.24) is 29.0 Å². The number of rotatable bonds is 5. The summed E-state index contributed by atoms with van der Waals surface area (Å²) in [4.78, 5) is 10.1. The summed E-state index contributed by atoms with van der Waals surface area (Å²) in [6.45, 7) is 4.63. The molecule has 2 aliphatic rings. The lowest BCUT2D eigenvalue weighted by molar-refractivity contribution is 0.0878. The number of hydrogen-bond donors (Lipinski definition) is 1. The van der Waals surface area contributed by atoms with E-state index in [0.717, 1.165) is 55.5 Å². The summed E-state index contributed by atoms with van der Waals surface area (Å²) in [5.41, 5.74) is 3.31. The van der Waals surface area contributed by atoms with E-state index in [0.29, 0.717) is 17.6 Å². The fourth-order valence-electron chi connectivity index (χ4n) is 5.80. The van der Waals surface area contributed by atoms with E-state index < -0.39 is 10.0 Å². The highest BCUT2D eigenvalue weighted by Crippen LogP contribution is 2.38. The monoisotopic (exact) mass is 504 g/mol. The molecule has 1 saturated carbocycles. The Kier molecular flexibility index (Phi) is 6.15. The second-order valence-electron chi connectivity index (χ2n) is 10.1. The van der Waals surface area contributed by atoms with Crippen molar-refractivity contribution >= 4 is 21.1 Å². The average Bonchev–Trinajstić information content (AvgIpc) is 3.58. The predicted octanol–water partition coefficient (Wildman–Crippen LogP) is 3.94.